The number of hydrogen-bond donors (Lipinski definition) is 2. The zero-order valence-electron chi connectivity index (χ0n) is 14.3. The molecule has 2 N–H and O–H groups in total. The SMILES string of the molecule is Cn1ncc2nc(N3CCN(C(=O)O)C(C(C)(C)C)C3)[nH]c2c1=O. The van der Waals surface area contributed by atoms with Crippen molar-refractivity contribution < 1.29 is 9.90 Å². The fraction of sp³-hybridized carbons (Fsp3) is 0.600. The summed E-state index contributed by atoms with van der Waals surface area (Å²) in [5.74, 6) is 0.578. The lowest BCUT2D eigenvalue weighted by molar-refractivity contribution is 0.0745. The molecular weight excluding hydrogens is 312 g/mol. The molecule has 1 atom stereocenters. The molecule has 0 radical (unpaired) electrons. The number of anilines is 1. The molecule has 1 aliphatic heterocycles. The van der Waals surface area contributed by atoms with Crippen LogP contribution in [0.2, 0.25) is 0 Å². The molecule has 130 valence electrons. The number of carbonyl (C=O) groups is 1. The minimum atomic E-state index is -0.905. The summed E-state index contributed by atoms with van der Waals surface area (Å²) in [5.41, 5.74) is 0.486. The Kier molecular flexibility index (Phi) is 3.73. The van der Waals surface area contributed by atoms with Crippen LogP contribution in [-0.2, 0) is 7.05 Å². The van der Waals surface area contributed by atoms with Gasteiger partial charge in [0.1, 0.15) is 11.0 Å². The number of fused-ring (bicyclic) bond motifs is 1. The molecule has 0 aromatic carbocycles. The highest BCUT2D eigenvalue weighted by Gasteiger charge is 2.38. The minimum Gasteiger partial charge on any atom is -0.465 e. The monoisotopic (exact) mass is 334 g/mol. The quantitative estimate of drug-likeness (QED) is 0.801. The first kappa shape index (κ1) is 16.3. The van der Waals surface area contributed by atoms with Crippen LogP contribution in [0.4, 0.5) is 10.7 Å². The number of H-pyrrole nitrogens is 1. The molecular formula is C15H22N6O3. The second-order valence-electron chi connectivity index (χ2n) is 7.20. The second kappa shape index (κ2) is 5.50. The van der Waals surface area contributed by atoms with E-state index in [-0.39, 0.29) is 17.0 Å². The molecule has 2 aromatic rings. The highest BCUT2D eigenvalue weighted by molar-refractivity contribution is 5.75. The molecule has 24 heavy (non-hydrogen) atoms. The molecule has 0 spiro atoms. The van der Waals surface area contributed by atoms with E-state index in [1.54, 1.807) is 13.2 Å². The fourth-order valence-electron chi connectivity index (χ4n) is 3.08. The lowest BCUT2D eigenvalue weighted by atomic mass is 9.84. The Bertz CT molecular complexity index is 834. The summed E-state index contributed by atoms with van der Waals surface area (Å²) in [4.78, 5) is 34.6. The molecule has 9 heteroatoms. The van der Waals surface area contributed by atoms with Crippen LogP contribution >= 0.6 is 0 Å². The number of aromatic nitrogens is 4. The normalized spacial score (nSPS) is 19.1. The van der Waals surface area contributed by atoms with E-state index < -0.39 is 6.09 Å². The number of hydrogen-bond acceptors (Lipinski definition) is 5. The first-order valence-electron chi connectivity index (χ1n) is 7.85. The molecule has 9 nitrogen and oxygen atoms in total. The summed E-state index contributed by atoms with van der Waals surface area (Å²) in [6, 6.07) is -0.169. The number of piperazine rings is 1. The molecule has 1 saturated heterocycles. The Morgan fingerprint density at radius 3 is 2.71 bits per heavy atom. The van der Waals surface area contributed by atoms with E-state index >= 15 is 0 Å². The third-order valence-corrected chi connectivity index (χ3v) is 4.51. The van der Waals surface area contributed by atoms with Gasteiger partial charge in [-0.25, -0.2) is 14.5 Å². The van der Waals surface area contributed by atoms with Gasteiger partial charge >= 0.3 is 6.09 Å². The van der Waals surface area contributed by atoms with E-state index in [2.05, 4.69) is 15.1 Å². The average Bonchev–Trinajstić information content (AvgIpc) is 2.94. The van der Waals surface area contributed by atoms with Crippen molar-refractivity contribution in [3.8, 4) is 0 Å². The van der Waals surface area contributed by atoms with E-state index in [0.29, 0.717) is 36.6 Å². The lowest BCUT2D eigenvalue weighted by Gasteiger charge is -2.45. The van der Waals surface area contributed by atoms with Crippen LogP contribution in [0.1, 0.15) is 20.8 Å². The van der Waals surface area contributed by atoms with Gasteiger partial charge in [-0.15, -0.1) is 0 Å². The summed E-state index contributed by atoms with van der Waals surface area (Å²) in [6.45, 7) is 7.50. The zero-order chi connectivity index (χ0) is 17.6. The van der Waals surface area contributed by atoms with Crippen molar-refractivity contribution in [1.29, 1.82) is 0 Å². The first-order valence-corrected chi connectivity index (χ1v) is 7.85. The van der Waals surface area contributed by atoms with E-state index in [4.69, 9.17) is 0 Å². The smallest absolute Gasteiger partial charge is 0.407 e. The average molecular weight is 334 g/mol. The van der Waals surface area contributed by atoms with Crippen molar-refractivity contribution in [3.63, 3.8) is 0 Å². The standard InChI is InChI=1S/C15H22N6O3/c1-15(2,3)10-8-20(5-6-21(10)14(23)24)13-17-9-7-16-19(4)12(22)11(9)18-13/h7,10H,5-6,8H2,1-4H3,(H,17,18)(H,23,24). The Labute approximate surface area is 138 Å². The van der Waals surface area contributed by atoms with Gasteiger partial charge < -0.3 is 19.9 Å². The Balaban J connectivity index is 1.95. The van der Waals surface area contributed by atoms with Crippen LogP contribution < -0.4 is 10.5 Å². The number of amides is 1. The maximum absolute atomic E-state index is 12.1. The summed E-state index contributed by atoms with van der Waals surface area (Å²) >= 11 is 0. The Morgan fingerprint density at radius 2 is 2.08 bits per heavy atom. The predicted octanol–water partition coefficient (Wildman–Crippen LogP) is 0.871. The molecule has 1 amide bonds. The van der Waals surface area contributed by atoms with Gasteiger partial charge in [0.05, 0.1) is 12.2 Å². The van der Waals surface area contributed by atoms with Crippen molar-refractivity contribution in [2.75, 3.05) is 24.5 Å². The molecule has 1 fully saturated rings. The number of aryl methyl sites for hydroxylation is 1. The van der Waals surface area contributed by atoms with E-state index in [1.165, 1.54) is 9.58 Å². The van der Waals surface area contributed by atoms with Gasteiger partial charge in [0.2, 0.25) is 5.95 Å². The Morgan fingerprint density at radius 1 is 1.38 bits per heavy atom. The van der Waals surface area contributed by atoms with Crippen molar-refractivity contribution in [2.24, 2.45) is 12.5 Å². The second-order valence-corrected chi connectivity index (χ2v) is 7.20. The first-order chi connectivity index (χ1) is 11.2. The summed E-state index contributed by atoms with van der Waals surface area (Å²) < 4.78 is 1.25. The van der Waals surface area contributed by atoms with E-state index in [0.717, 1.165) is 0 Å². The van der Waals surface area contributed by atoms with Gasteiger partial charge in [-0.05, 0) is 5.41 Å². The van der Waals surface area contributed by atoms with Gasteiger partial charge in [0.15, 0.2) is 0 Å². The molecule has 3 rings (SSSR count). The maximum atomic E-state index is 12.1. The van der Waals surface area contributed by atoms with Crippen molar-refractivity contribution in [3.05, 3.63) is 16.6 Å². The minimum absolute atomic E-state index is 0.169. The van der Waals surface area contributed by atoms with Crippen LogP contribution in [0.5, 0.6) is 0 Å². The van der Waals surface area contributed by atoms with Gasteiger partial charge in [-0.3, -0.25) is 4.79 Å². The van der Waals surface area contributed by atoms with Gasteiger partial charge in [0.25, 0.3) is 5.56 Å². The lowest BCUT2D eigenvalue weighted by Crippen LogP contribution is -2.59. The molecule has 1 aliphatic rings. The van der Waals surface area contributed by atoms with Crippen LogP contribution in [0, 0.1) is 5.41 Å². The number of nitrogens with zero attached hydrogens (tertiary/aromatic N) is 5. The third kappa shape index (κ3) is 2.70. The zero-order valence-corrected chi connectivity index (χ0v) is 14.3. The molecule has 1 unspecified atom stereocenters. The largest absolute Gasteiger partial charge is 0.465 e. The third-order valence-electron chi connectivity index (χ3n) is 4.51. The highest BCUT2D eigenvalue weighted by atomic mass is 16.4. The van der Waals surface area contributed by atoms with E-state index in [9.17, 15) is 14.7 Å². The molecule has 0 aliphatic carbocycles. The van der Waals surface area contributed by atoms with Crippen molar-refractivity contribution in [1.82, 2.24) is 24.6 Å². The predicted molar refractivity (Wildman–Crippen MR) is 89.3 cm³/mol. The van der Waals surface area contributed by atoms with Gasteiger partial charge in [-0.1, -0.05) is 20.8 Å². The number of aromatic amines is 1. The van der Waals surface area contributed by atoms with Gasteiger partial charge in [0, 0.05) is 26.7 Å². The maximum Gasteiger partial charge on any atom is 0.407 e. The van der Waals surface area contributed by atoms with Crippen LogP contribution in [-0.4, -0.2) is 61.5 Å². The summed E-state index contributed by atoms with van der Waals surface area (Å²) in [7, 11) is 1.59. The van der Waals surface area contributed by atoms with E-state index in [1.807, 2.05) is 25.7 Å². The van der Waals surface area contributed by atoms with Gasteiger partial charge in [-0.2, -0.15) is 5.10 Å². The Hall–Kier alpha value is -2.58. The number of imidazole rings is 1. The molecule has 2 aromatic heterocycles. The summed E-state index contributed by atoms with van der Waals surface area (Å²) in [6.07, 6.45) is 0.642. The highest BCUT2D eigenvalue weighted by Crippen LogP contribution is 2.29. The molecule has 3 heterocycles. The van der Waals surface area contributed by atoms with Crippen molar-refractivity contribution in [2.45, 2.75) is 26.8 Å². The van der Waals surface area contributed by atoms with Crippen LogP contribution in [0.25, 0.3) is 11.0 Å². The van der Waals surface area contributed by atoms with Crippen molar-refractivity contribution >= 4 is 23.1 Å². The summed E-state index contributed by atoms with van der Waals surface area (Å²) in [5, 5.41) is 13.4. The number of nitrogens with one attached hydrogen (secondary N) is 1. The topological polar surface area (TPSA) is 107 Å². The molecule has 0 saturated carbocycles. The molecule has 0 bridgehead atoms. The van der Waals surface area contributed by atoms with Crippen LogP contribution in [0.3, 0.4) is 0 Å². The fourth-order valence-corrected chi connectivity index (χ4v) is 3.08. The number of rotatable bonds is 1. The van der Waals surface area contributed by atoms with Crippen LogP contribution in [0.15, 0.2) is 11.0 Å². The number of carboxylic acid groups (broad SMARTS) is 1.